The van der Waals surface area contributed by atoms with Crippen LogP contribution in [0.5, 0.6) is 0 Å². The van der Waals surface area contributed by atoms with Gasteiger partial charge in [-0.05, 0) is 49.9 Å². The van der Waals surface area contributed by atoms with E-state index in [4.69, 9.17) is 10.5 Å². The molecule has 20 heavy (non-hydrogen) atoms. The molecule has 2 N–H and O–H groups in total. The molecule has 0 spiro atoms. The number of likely N-dealkylation sites (tertiary alicyclic amines) is 1. The van der Waals surface area contributed by atoms with E-state index in [-0.39, 0.29) is 0 Å². The molecule has 1 aliphatic heterocycles. The van der Waals surface area contributed by atoms with Gasteiger partial charge in [0.05, 0.1) is 6.61 Å². The van der Waals surface area contributed by atoms with Crippen molar-refractivity contribution < 1.29 is 4.74 Å². The lowest BCUT2D eigenvalue weighted by atomic mass is 9.92. The Kier molecular flexibility index (Phi) is 3.85. The Balaban J connectivity index is 1.81. The van der Waals surface area contributed by atoms with Crippen LogP contribution in [-0.2, 0) is 10.2 Å². The highest BCUT2D eigenvalue weighted by atomic mass is 16.5. The summed E-state index contributed by atoms with van der Waals surface area (Å²) in [4.78, 5) is 2.45. The average Bonchev–Trinajstić information content (AvgIpc) is 3.15. The van der Waals surface area contributed by atoms with Crippen LogP contribution in [0, 0.1) is 5.92 Å². The number of hydrogen-bond acceptors (Lipinski definition) is 3. The summed E-state index contributed by atoms with van der Waals surface area (Å²) in [6, 6.07) is 9.69. The molecular formula is C17H26N2O. The minimum atomic E-state index is 0.301. The monoisotopic (exact) mass is 274 g/mol. The third kappa shape index (κ3) is 2.50. The molecule has 0 radical (unpaired) electrons. The molecule has 2 atom stereocenters. The Labute approximate surface area is 122 Å². The fraction of sp³-hybridized carbons (Fsp3) is 0.647. The molecule has 1 aromatic carbocycles. The first-order chi connectivity index (χ1) is 9.68. The van der Waals surface area contributed by atoms with Crippen LogP contribution in [0.4, 0.5) is 0 Å². The van der Waals surface area contributed by atoms with E-state index >= 15 is 0 Å². The van der Waals surface area contributed by atoms with Gasteiger partial charge in [-0.3, -0.25) is 4.90 Å². The van der Waals surface area contributed by atoms with Crippen molar-refractivity contribution in [3.8, 4) is 0 Å². The van der Waals surface area contributed by atoms with E-state index in [0.29, 0.717) is 17.4 Å². The Morgan fingerprint density at radius 1 is 1.40 bits per heavy atom. The summed E-state index contributed by atoms with van der Waals surface area (Å²) in [6.45, 7) is 2.77. The standard InChI is InChI=1S/C17H26N2O/c1-19-11-13(10-18)8-16(19)14-4-3-5-15(9-14)17(6-7-17)12-20-2/h3-5,9,13,16H,6-8,10-12,18H2,1-2H3. The summed E-state index contributed by atoms with van der Waals surface area (Å²) in [6.07, 6.45) is 3.71. The molecule has 0 amide bonds. The maximum atomic E-state index is 5.84. The molecule has 2 unspecified atom stereocenters. The third-order valence-corrected chi connectivity index (χ3v) is 5.13. The third-order valence-electron chi connectivity index (χ3n) is 5.13. The van der Waals surface area contributed by atoms with Gasteiger partial charge < -0.3 is 10.5 Å². The highest BCUT2D eigenvalue weighted by Crippen LogP contribution is 2.49. The van der Waals surface area contributed by atoms with E-state index in [1.807, 2.05) is 0 Å². The number of rotatable bonds is 5. The zero-order valence-electron chi connectivity index (χ0n) is 12.6. The lowest BCUT2D eigenvalue weighted by Crippen LogP contribution is -2.21. The minimum Gasteiger partial charge on any atom is -0.384 e. The van der Waals surface area contributed by atoms with Gasteiger partial charge in [-0.2, -0.15) is 0 Å². The van der Waals surface area contributed by atoms with Crippen molar-refractivity contribution in [1.29, 1.82) is 0 Å². The maximum Gasteiger partial charge on any atom is 0.0559 e. The van der Waals surface area contributed by atoms with Gasteiger partial charge in [-0.15, -0.1) is 0 Å². The first-order valence-electron chi connectivity index (χ1n) is 7.68. The van der Waals surface area contributed by atoms with Gasteiger partial charge in [-0.1, -0.05) is 24.3 Å². The molecular weight excluding hydrogens is 248 g/mol. The molecule has 0 bridgehead atoms. The minimum absolute atomic E-state index is 0.301. The van der Waals surface area contributed by atoms with Crippen molar-refractivity contribution in [2.45, 2.75) is 30.7 Å². The van der Waals surface area contributed by atoms with Crippen LogP contribution in [0.1, 0.15) is 36.4 Å². The molecule has 2 fully saturated rings. The quantitative estimate of drug-likeness (QED) is 0.895. The van der Waals surface area contributed by atoms with Crippen LogP contribution < -0.4 is 5.73 Å². The molecule has 2 aliphatic rings. The molecule has 1 saturated carbocycles. The van der Waals surface area contributed by atoms with Gasteiger partial charge in [0.2, 0.25) is 0 Å². The lowest BCUT2D eigenvalue weighted by Gasteiger charge is -2.22. The first kappa shape index (κ1) is 14.1. The van der Waals surface area contributed by atoms with Crippen molar-refractivity contribution in [3.05, 3.63) is 35.4 Å². The molecule has 3 nitrogen and oxygen atoms in total. The van der Waals surface area contributed by atoms with E-state index in [2.05, 4.69) is 36.2 Å². The Morgan fingerprint density at radius 2 is 2.20 bits per heavy atom. The fourth-order valence-corrected chi connectivity index (χ4v) is 3.69. The highest BCUT2D eigenvalue weighted by Gasteiger charge is 2.44. The lowest BCUT2D eigenvalue weighted by molar-refractivity contribution is 0.171. The van der Waals surface area contributed by atoms with E-state index < -0.39 is 0 Å². The smallest absolute Gasteiger partial charge is 0.0559 e. The van der Waals surface area contributed by atoms with Crippen molar-refractivity contribution in [2.75, 3.05) is 33.9 Å². The van der Waals surface area contributed by atoms with Crippen LogP contribution in [0.3, 0.4) is 0 Å². The first-order valence-corrected chi connectivity index (χ1v) is 7.68. The molecule has 1 saturated heterocycles. The fourth-order valence-electron chi connectivity index (χ4n) is 3.69. The predicted molar refractivity (Wildman–Crippen MR) is 81.8 cm³/mol. The van der Waals surface area contributed by atoms with Crippen LogP contribution in [0.15, 0.2) is 24.3 Å². The Morgan fingerprint density at radius 3 is 2.80 bits per heavy atom. The van der Waals surface area contributed by atoms with Gasteiger partial charge in [0, 0.05) is 25.1 Å². The molecule has 3 heteroatoms. The topological polar surface area (TPSA) is 38.5 Å². The van der Waals surface area contributed by atoms with Crippen molar-refractivity contribution in [1.82, 2.24) is 4.90 Å². The van der Waals surface area contributed by atoms with Gasteiger partial charge >= 0.3 is 0 Å². The van der Waals surface area contributed by atoms with Gasteiger partial charge in [0.1, 0.15) is 0 Å². The molecule has 1 heterocycles. The average molecular weight is 274 g/mol. The predicted octanol–water partition coefficient (Wildman–Crippen LogP) is 2.32. The summed E-state index contributed by atoms with van der Waals surface area (Å²) in [5, 5.41) is 0. The number of methoxy groups -OCH3 is 1. The number of nitrogens with two attached hydrogens (primary N) is 1. The number of nitrogens with zero attached hydrogens (tertiary/aromatic N) is 1. The van der Waals surface area contributed by atoms with Crippen molar-refractivity contribution in [3.63, 3.8) is 0 Å². The summed E-state index contributed by atoms with van der Waals surface area (Å²) >= 11 is 0. The number of hydrogen-bond donors (Lipinski definition) is 1. The zero-order chi connectivity index (χ0) is 14.2. The van der Waals surface area contributed by atoms with E-state index in [9.17, 15) is 0 Å². The van der Waals surface area contributed by atoms with E-state index in [1.165, 1.54) is 30.4 Å². The highest BCUT2D eigenvalue weighted by molar-refractivity contribution is 5.36. The molecule has 110 valence electrons. The van der Waals surface area contributed by atoms with E-state index in [1.54, 1.807) is 7.11 Å². The van der Waals surface area contributed by atoms with Crippen LogP contribution in [0.2, 0.25) is 0 Å². The summed E-state index contributed by atoms with van der Waals surface area (Å²) in [7, 11) is 4.02. The Bertz CT molecular complexity index is 470. The van der Waals surface area contributed by atoms with Crippen LogP contribution in [-0.4, -0.2) is 38.8 Å². The van der Waals surface area contributed by atoms with Gasteiger partial charge in [-0.25, -0.2) is 0 Å². The second-order valence-electron chi connectivity index (χ2n) is 6.63. The largest absolute Gasteiger partial charge is 0.384 e. The Hall–Kier alpha value is -0.900. The second kappa shape index (κ2) is 5.47. The molecule has 1 aliphatic carbocycles. The van der Waals surface area contributed by atoms with Crippen LogP contribution in [0.25, 0.3) is 0 Å². The number of ether oxygens (including phenoxy) is 1. The summed E-state index contributed by atoms with van der Waals surface area (Å²) in [5.74, 6) is 0.641. The normalized spacial score (nSPS) is 28.8. The zero-order valence-corrected chi connectivity index (χ0v) is 12.6. The SMILES string of the molecule is COCC1(c2cccc(C3CC(CN)CN3C)c2)CC1. The summed E-state index contributed by atoms with van der Waals surface area (Å²) in [5.41, 5.74) is 9.05. The molecule has 3 rings (SSSR count). The van der Waals surface area contributed by atoms with Gasteiger partial charge in [0.15, 0.2) is 0 Å². The maximum absolute atomic E-state index is 5.84. The van der Waals surface area contributed by atoms with Crippen molar-refractivity contribution in [2.24, 2.45) is 11.7 Å². The van der Waals surface area contributed by atoms with E-state index in [0.717, 1.165) is 19.7 Å². The van der Waals surface area contributed by atoms with Crippen molar-refractivity contribution >= 4 is 0 Å². The molecule has 1 aromatic rings. The van der Waals surface area contributed by atoms with Gasteiger partial charge in [0.25, 0.3) is 0 Å². The summed E-state index contributed by atoms with van der Waals surface area (Å²) < 4.78 is 5.42. The second-order valence-corrected chi connectivity index (χ2v) is 6.63. The van der Waals surface area contributed by atoms with Crippen LogP contribution >= 0.6 is 0 Å². The molecule has 0 aromatic heterocycles. The number of benzene rings is 1.